The smallest absolute Gasteiger partial charge is 0.231 e. The molecule has 1 aliphatic heterocycles. The van der Waals surface area contributed by atoms with Crippen molar-refractivity contribution in [2.24, 2.45) is 0 Å². The summed E-state index contributed by atoms with van der Waals surface area (Å²) in [7, 11) is 0. The molecule has 0 radical (unpaired) electrons. The molecule has 5 nitrogen and oxygen atoms in total. The number of piperidine rings is 1. The van der Waals surface area contributed by atoms with Crippen molar-refractivity contribution < 1.29 is 9.26 Å². The van der Waals surface area contributed by atoms with Crippen LogP contribution in [0.4, 0.5) is 0 Å². The topological polar surface area (TPSA) is 60.2 Å². The van der Waals surface area contributed by atoms with E-state index < -0.39 is 0 Å². The molecule has 0 bridgehead atoms. The molecule has 2 heterocycles. The Bertz CT molecular complexity index is 576. The van der Waals surface area contributed by atoms with Crippen LogP contribution < -0.4 is 10.1 Å². The van der Waals surface area contributed by atoms with Gasteiger partial charge in [-0.15, -0.1) is 0 Å². The van der Waals surface area contributed by atoms with Crippen molar-refractivity contribution in [3.8, 4) is 5.75 Å². The van der Waals surface area contributed by atoms with Gasteiger partial charge >= 0.3 is 0 Å². The van der Waals surface area contributed by atoms with E-state index in [0.717, 1.165) is 37.0 Å². The second-order valence-electron chi connectivity index (χ2n) is 5.51. The zero-order valence-electron chi connectivity index (χ0n) is 12.3. The second-order valence-corrected chi connectivity index (χ2v) is 5.51. The van der Waals surface area contributed by atoms with Crippen LogP contribution in [0, 0.1) is 6.92 Å². The third-order valence-corrected chi connectivity index (χ3v) is 3.71. The van der Waals surface area contributed by atoms with Crippen LogP contribution in [-0.4, -0.2) is 29.8 Å². The van der Waals surface area contributed by atoms with Crippen molar-refractivity contribution in [2.75, 3.05) is 19.7 Å². The first-order chi connectivity index (χ1) is 10.3. The van der Waals surface area contributed by atoms with Crippen LogP contribution in [0.2, 0.25) is 0 Å². The van der Waals surface area contributed by atoms with E-state index in [4.69, 9.17) is 9.26 Å². The lowest BCUT2D eigenvalue weighted by Gasteiger charge is -2.18. The Kier molecular flexibility index (Phi) is 4.50. The summed E-state index contributed by atoms with van der Waals surface area (Å²) < 4.78 is 11.1. The fourth-order valence-electron chi connectivity index (χ4n) is 2.56. The van der Waals surface area contributed by atoms with Crippen LogP contribution in [-0.2, 0) is 6.42 Å². The van der Waals surface area contributed by atoms with Crippen molar-refractivity contribution in [1.82, 2.24) is 15.5 Å². The van der Waals surface area contributed by atoms with Gasteiger partial charge in [0.15, 0.2) is 5.82 Å². The zero-order chi connectivity index (χ0) is 14.5. The van der Waals surface area contributed by atoms with Crippen molar-refractivity contribution in [2.45, 2.75) is 32.1 Å². The van der Waals surface area contributed by atoms with Gasteiger partial charge in [-0.3, -0.25) is 0 Å². The van der Waals surface area contributed by atoms with Gasteiger partial charge in [-0.05, 0) is 44.0 Å². The first-order valence-electron chi connectivity index (χ1n) is 7.54. The fraction of sp³-hybridized carbons (Fsp3) is 0.500. The van der Waals surface area contributed by atoms with E-state index in [1.165, 1.54) is 12.0 Å². The Morgan fingerprint density at radius 1 is 1.43 bits per heavy atom. The lowest BCUT2D eigenvalue weighted by molar-refractivity contribution is 0.306. The fourth-order valence-corrected chi connectivity index (χ4v) is 2.56. The molecule has 1 aliphatic rings. The Balaban J connectivity index is 1.50. The Morgan fingerprint density at radius 2 is 2.38 bits per heavy atom. The third kappa shape index (κ3) is 3.82. The molecule has 1 aromatic carbocycles. The summed E-state index contributed by atoms with van der Waals surface area (Å²) in [5, 5.41) is 7.41. The number of ether oxygens (including phenoxy) is 1. The van der Waals surface area contributed by atoms with Gasteiger partial charge in [0, 0.05) is 13.0 Å². The minimum absolute atomic E-state index is 0.359. The van der Waals surface area contributed by atoms with Crippen molar-refractivity contribution in [3.05, 3.63) is 41.5 Å². The predicted octanol–water partition coefficient (Wildman–Crippen LogP) is 2.47. The van der Waals surface area contributed by atoms with Crippen LogP contribution in [0.1, 0.15) is 36.0 Å². The normalized spacial score (nSPS) is 18.6. The molecule has 0 unspecified atom stereocenters. The summed E-state index contributed by atoms with van der Waals surface area (Å²) in [6, 6.07) is 8.03. The van der Waals surface area contributed by atoms with Gasteiger partial charge in [0.05, 0.1) is 12.5 Å². The molecular weight excluding hydrogens is 266 g/mol. The molecule has 112 valence electrons. The summed E-state index contributed by atoms with van der Waals surface area (Å²) >= 11 is 0. The minimum Gasteiger partial charge on any atom is -0.493 e. The largest absolute Gasteiger partial charge is 0.493 e. The summed E-state index contributed by atoms with van der Waals surface area (Å²) in [5.74, 6) is 2.73. The molecule has 21 heavy (non-hydrogen) atoms. The summed E-state index contributed by atoms with van der Waals surface area (Å²) in [4.78, 5) is 4.48. The molecule has 2 aromatic rings. The first kappa shape index (κ1) is 14.1. The maximum absolute atomic E-state index is 5.71. The maximum Gasteiger partial charge on any atom is 0.231 e. The molecule has 1 fully saturated rings. The van der Waals surface area contributed by atoms with E-state index in [0.29, 0.717) is 18.9 Å². The van der Waals surface area contributed by atoms with Gasteiger partial charge in [-0.1, -0.05) is 17.3 Å². The number of nitrogens with one attached hydrogen (secondary N) is 1. The molecule has 1 N–H and O–H groups in total. The number of hydrogen-bond donors (Lipinski definition) is 1. The van der Waals surface area contributed by atoms with Crippen molar-refractivity contribution in [1.29, 1.82) is 0 Å². The lowest BCUT2D eigenvalue weighted by atomic mass is 10.00. The number of aryl methyl sites for hydroxylation is 1. The molecule has 0 amide bonds. The number of hydrogen-bond acceptors (Lipinski definition) is 5. The van der Waals surface area contributed by atoms with E-state index >= 15 is 0 Å². The molecule has 3 rings (SSSR count). The average Bonchev–Trinajstić information content (AvgIpc) is 2.97. The monoisotopic (exact) mass is 287 g/mol. The number of nitrogens with zero attached hydrogens (tertiary/aromatic N) is 2. The van der Waals surface area contributed by atoms with E-state index in [9.17, 15) is 0 Å². The SMILES string of the molecule is Cc1cccc(OCCc2noc([C@H]3CCCNC3)n2)c1. The van der Waals surface area contributed by atoms with Crippen LogP contribution in [0.3, 0.4) is 0 Å². The highest BCUT2D eigenvalue weighted by molar-refractivity contribution is 5.27. The van der Waals surface area contributed by atoms with E-state index in [-0.39, 0.29) is 0 Å². The molecule has 5 heteroatoms. The van der Waals surface area contributed by atoms with E-state index in [1.54, 1.807) is 0 Å². The van der Waals surface area contributed by atoms with Crippen LogP contribution in [0.25, 0.3) is 0 Å². The molecule has 0 spiro atoms. The molecule has 1 aromatic heterocycles. The highest BCUT2D eigenvalue weighted by atomic mass is 16.5. The quantitative estimate of drug-likeness (QED) is 0.915. The Hall–Kier alpha value is -1.88. The van der Waals surface area contributed by atoms with Gasteiger partial charge < -0.3 is 14.6 Å². The summed E-state index contributed by atoms with van der Waals surface area (Å²) in [6.45, 7) is 4.63. The van der Waals surface area contributed by atoms with Gasteiger partial charge in [0.25, 0.3) is 0 Å². The average molecular weight is 287 g/mol. The Labute approximate surface area is 124 Å². The van der Waals surface area contributed by atoms with Gasteiger partial charge in [0.1, 0.15) is 5.75 Å². The summed E-state index contributed by atoms with van der Waals surface area (Å²) in [6.07, 6.45) is 2.95. The summed E-state index contributed by atoms with van der Waals surface area (Å²) in [5.41, 5.74) is 1.19. The van der Waals surface area contributed by atoms with E-state index in [1.807, 2.05) is 18.2 Å². The molecular formula is C16H21N3O2. The number of rotatable bonds is 5. The third-order valence-electron chi connectivity index (χ3n) is 3.71. The Morgan fingerprint density at radius 3 is 3.19 bits per heavy atom. The van der Waals surface area contributed by atoms with Crippen LogP contribution in [0.15, 0.2) is 28.8 Å². The maximum atomic E-state index is 5.71. The molecule has 1 saturated heterocycles. The minimum atomic E-state index is 0.359. The van der Waals surface area contributed by atoms with Gasteiger partial charge in [-0.25, -0.2) is 0 Å². The standard InChI is InChI=1S/C16H21N3O2/c1-12-4-2-6-14(10-12)20-9-7-15-18-16(21-19-15)13-5-3-8-17-11-13/h2,4,6,10,13,17H,3,5,7-9,11H2,1H3/t13-/m0/s1. The number of benzene rings is 1. The highest BCUT2D eigenvalue weighted by Gasteiger charge is 2.21. The highest BCUT2D eigenvalue weighted by Crippen LogP contribution is 2.21. The van der Waals surface area contributed by atoms with Gasteiger partial charge in [0.2, 0.25) is 5.89 Å². The van der Waals surface area contributed by atoms with Crippen LogP contribution >= 0.6 is 0 Å². The van der Waals surface area contributed by atoms with Gasteiger partial charge in [-0.2, -0.15) is 4.98 Å². The number of aromatic nitrogens is 2. The molecule has 1 atom stereocenters. The zero-order valence-corrected chi connectivity index (χ0v) is 12.3. The van der Waals surface area contributed by atoms with Crippen LogP contribution in [0.5, 0.6) is 5.75 Å². The van der Waals surface area contributed by atoms with Crippen molar-refractivity contribution >= 4 is 0 Å². The first-order valence-corrected chi connectivity index (χ1v) is 7.54. The van der Waals surface area contributed by atoms with E-state index in [2.05, 4.69) is 28.4 Å². The lowest BCUT2D eigenvalue weighted by Crippen LogP contribution is -2.28. The predicted molar refractivity (Wildman–Crippen MR) is 79.5 cm³/mol. The second kappa shape index (κ2) is 6.72. The molecule has 0 aliphatic carbocycles. The van der Waals surface area contributed by atoms with Crippen molar-refractivity contribution in [3.63, 3.8) is 0 Å². The molecule has 0 saturated carbocycles.